The van der Waals surface area contributed by atoms with E-state index in [0.29, 0.717) is 0 Å². The number of guanidine groups is 1. The average molecular weight is 323 g/mol. The SMILES string of the molecule is CN=C(NCCCCC1CCCC1)NCCc1csc(C)n1. The number of aromatic nitrogens is 1. The molecule has 0 saturated heterocycles. The molecule has 1 heterocycles. The Morgan fingerprint density at radius 3 is 2.73 bits per heavy atom. The van der Waals surface area contributed by atoms with Gasteiger partial charge in [0.05, 0.1) is 10.7 Å². The van der Waals surface area contributed by atoms with Crippen LogP contribution in [-0.2, 0) is 6.42 Å². The van der Waals surface area contributed by atoms with E-state index in [9.17, 15) is 0 Å². The Labute approximate surface area is 138 Å². The summed E-state index contributed by atoms with van der Waals surface area (Å²) in [6.07, 6.45) is 10.8. The van der Waals surface area contributed by atoms with E-state index in [1.54, 1.807) is 11.3 Å². The summed E-state index contributed by atoms with van der Waals surface area (Å²) in [5.74, 6) is 1.92. The molecule has 5 heteroatoms. The number of aryl methyl sites for hydroxylation is 1. The smallest absolute Gasteiger partial charge is 0.190 e. The van der Waals surface area contributed by atoms with Gasteiger partial charge in [0.25, 0.3) is 0 Å². The third-order valence-electron chi connectivity index (χ3n) is 4.37. The Morgan fingerprint density at radius 1 is 1.27 bits per heavy atom. The number of hydrogen-bond acceptors (Lipinski definition) is 3. The number of rotatable bonds is 8. The molecule has 0 aromatic carbocycles. The van der Waals surface area contributed by atoms with Crippen LogP contribution < -0.4 is 10.6 Å². The quantitative estimate of drug-likeness (QED) is 0.437. The van der Waals surface area contributed by atoms with Gasteiger partial charge in [-0.25, -0.2) is 4.98 Å². The standard InChI is InChI=1S/C17H30N4S/c1-14-21-16(13-22-14)10-12-20-17(18-2)19-11-6-5-9-15-7-3-4-8-15/h13,15H,3-12H2,1-2H3,(H2,18,19,20). The van der Waals surface area contributed by atoms with Crippen LogP contribution in [0.3, 0.4) is 0 Å². The van der Waals surface area contributed by atoms with Crippen LogP contribution in [0.4, 0.5) is 0 Å². The summed E-state index contributed by atoms with van der Waals surface area (Å²) in [5, 5.41) is 10.0. The Bertz CT molecular complexity index is 449. The zero-order valence-corrected chi connectivity index (χ0v) is 14.8. The monoisotopic (exact) mass is 322 g/mol. The number of unbranched alkanes of at least 4 members (excludes halogenated alkanes) is 1. The zero-order chi connectivity index (χ0) is 15.6. The van der Waals surface area contributed by atoms with Crippen LogP contribution in [0.25, 0.3) is 0 Å². The minimum atomic E-state index is 0.880. The first kappa shape index (κ1) is 17.3. The molecule has 22 heavy (non-hydrogen) atoms. The molecular weight excluding hydrogens is 292 g/mol. The van der Waals surface area contributed by atoms with Crippen molar-refractivity contribution in [3.63, 3.8) is 0 Å². The van der Waals surface area contributed by atoms with Gasteiger partial charge in [-0.3, -0.25) is 4.99 Å². The summed E-state index contributed by atoms with van der Waals surface area (Å²) < 4.78 is 0. The lowest BCUT2D eigenvalue weighted by Gasteiger charge is -2.12. The molecule has 124 valence electrons. The molecule has 0 aliphatic heterocycles. The van der Waals surface area contributed by atoms with Crippen molar-refractivity contribution < 1.29 is 0 Å². The molecule has 4 nitrogen and oxygen atoms in total. The van der Waals surface area contributed by atoms with E-state index in [4.69, 9.17) is 0 Å². The highest BCUT2D eigenvalue weighted by Gasteiger charge is 2.13. The lowest BCUT2D eigenvalue weighted by molar-refractivity contribution is 0.472. The molecule has 1 aromatic heterocycles. The van der Waals surface area contributed by atoms with Crippen LogP contribution >= 0.6 is 11.3 Å². The van der Waals surface area contributed by atoms with Gasteiger partial charge in [0.15, 0.2) is 5.96 Å². The summed E-state index contributed by atoms with van der Waals surface area (Å²) in [6, 6.07) is 0. The molecule has 1 aliphatic rings. The fraction of sp³-hybridized carbons (Fsp3) is 0.765. The molecule has 2 rings (SSSR count). The normalized spacial score (nSPS) is 16.2. The molecule has 1 saturated carbocycles. The van der Waals surface area contributed by atoms with Crippen LogP contribution in [0.1, 0.15) is 55.6 Å². The summed E-state index contributed by atoms with van der Waals surface area (Å²) >= 11 is 1.71. The van der Waals surface area contributed by atoms with Gasteiger partial charge in [0.2, 0.25) is 0 Å². The van der Waals surface area contributed by atoms with E-state index in [0.717, 1.165) is 36.4 Å². The van der Waals surface area contributed by atoms with Gasteiger partial charge in [0, 0.05) is 31.9 Å². The number of nitrogens with zero attached hydrogens (tertiary/aromatic N) is 2. The largest absolute Gasteiger partial charge is 0.356 e. The lowest BCUT2D eigenvalue weighted by atomic mass is 10.0. The average Bonchev–Trinajstić information content (AvgIpc) is 3.17. The predicted molar refractivity (Wildman–Crippen MR) is 95.7 cm³/mol. The highest BCUT2D eigenvalue weighted by molar-refractivity contribution is 7.09. The van der Waals surface area contributed by atoms with Crippen molar-refractivity contribution in [2.24, 2.45) is 10.9 Å². The first-order chi connectivity index (χ1) is 10.8. The predicted octanol–water partition coefficient (Wildman–Crippen LogP) is 3.52. The van der Waals surface area contributed by atoms with Crippen molar-refractivity contribution in [1.82, 2.24) is 15.6 Å². The Morgan fingerprint density at radius 2 is 2.05 bits per heavy atom. The third kappa shape index (κ3) is 6.34. The summed E-state index contributed by atoms with van der Waals surface area (Å²) in [6.45, 7) is 3.95. The van der Waals surface area contributed by atoms with Crippen molar-refractivity contribution >= 4 is 17.3 Å². The summed E-state index contributed by atoms with van der Waals surface area (Å²) in [7, 11) is 1.83. The second kappa shape index (κ2) is 9.82. The van der Waals surface area contributed by atoms with E-state index in [1.807, 2.05) is 14.0 Å². The van der Waals surface area contributed by atoms with Gasteiger partial charge in [-0.15, -0.1) is 11.3 Å². The summed E-state index contributed by atoms with van der Waals surface area (Å²) in [4.78, 5) is 8.75. The molecule has 0 amide bonds. The Kier molecular flexibility index (Phi) is 7.71. The Balaban J connectivity index is 1.51. The van der Waals surface area contributed by atoms with Gasteiger partial charge in [-0.05, 0) is 19.3 Å². The van der Waals surface area contributed by atoms with Crippen molar-refractivity contribution in [3.05, 3.63) is 16.1 Å². The number of hydrogen-bond donors (Lipinski definition) is 2. The lowest BCUT2D eigenvalue weighted by Crippen LogP contribution is -2.38. The molecule has 1 fully saturated rings. The second-order valence-electron chi connectivity index (χ2n) is 6.18. The van der Waals surface area contributed by atoms with Gasteiger partial charge in [0.1, 0.15) is 0 Å². The molecule has 1 aromatic rings. The molecule has 1 aliphatic carbocycles. The van der Waals surface area contributed by atoms with Crippen LogP contribution in [0, 0.1) is 12.8 Å². The topological polar surface area (TPSA) is 49.3 Å². The van der Waals surface area contributed by atoms with Gasteiger partial charge in [-0.2, -0.15) is 0 Å². The first-order valence-corrected chi connectivity index (χ1v) is 9.51. The number of nitrogens with one attached hydrogen (secondary N) is 2. The Hall–Kier alpha value is -1.10. The summed E-state index contributed by atoms with van der Waals surface area (Å²) in [5.41, 5.74) is 1.17. The van der Waals surface area contributed by atoms with Crippen molar-refractivity contribution in [2.45, 2.75) is 58.3 Å². The first-order valence-electron chi connectivity index (χ1n) is 8.63. The van der Waals surface area contributed by atoms with Crippen LogP contribution in [0.15, 0.2) is 10.4 Å². The number of thiazole rings is 1. The highest BCUT2D eigenvalue weighted by atomic mass is 32.1. The second-order valence-corrected chi connectivity index (χ2v) is 7.24. The van der Waals surface area contributed by atoms with Crippen LogP contribution in [0.5, 0.6) is 0 Å². The molecule has 0 bridgehead atoms. The van der Waals surface area contributed by atoms with Gasteiger partial charge < -0.3 is 10.6 Å². The molecule has 0 spiro atoms. The fourth-order valence-electron chi connectivity index (χ4n) is 3.12. The van der Waals surface area contributed by atoms with E-state index in [1.165, 1.54) is 50.6 Å². The molecular formula is C17H30N4S. The maximum absolute atomic E-state index is 4.48. The fourth-order valence-corrected chi connectivity index (χ4v) is 3.76. The van der Waals surface area contributed by atoms with E-state index in [2.05, 4.69) is 26.0 Å². The maximum atomic E-state index is 4.48. The van der Waals surface area contributed by atoms with Crippen LogP contribution in [0.2, 0.25) is 0 Å². The van der Waals surface area contributed by atoms with Crippen molar-refractivity contribution in [3.8, 4) is 0 Å². The molecule has 0 radical (unpaired) electrons. The minimum absolute atomic E-state index is 0.880. The molecule has 0 unspecified atom stereocenters. The molecule has 2 N–H and O–H groups in total. The zero-order valence-electron chi connectivity index (χ0n) is 14.0. The van der Waals surface area contributed by atoms with Gasteiger partial charge in [-0.1, -0.05) is 38.5 Å². The van der Waals surface area contributed by atoms with Gasteiger partial charge >= 0.3 is 0 Å². The van der Waals surface area contributed by atoms with Crippen molar-refractivity contribution in [2.75, 3.05) is 20.1 Å². The number of aliphatic imine (C=N–C) groups is 1. The minimum Gasteiger partial charge on any atom is -0.356 e. The third-order valence-corrected chi connectivity index (χ3v) is 5.19. The van der Waals surface area contributed by atoms with Crippen molar-refractivity contribution in [1.29, 1.82) is 0 Å². The van der Waals surface area contributed by atoms with E-state index < -0.39 is 0 Å². The molecule has 0 atom stereocenters. The maximum Gasteiger partial charge on any atom is 0.190 e. The van der Waals surface area contributed by atoms with E-state index in [-0.39, 0.29) is 0 Å². The van der Waals surface area contributed by atoms with E-state index >= 15 is 0 Å². The van der Waals surface area contributed by atoms with Crippen LogP contribution in [-0.4, -0.2) is 31.1 Å². The highest BCUT2D eigenvalue weighted by Crippen LogP contribution is 2.28.